The first-order valence-electron chi connectivity index (χ1n) is 11.7. The van der Waals surface area contributed by atoms with E-state index in [4.69, 9.17) is 23.7 Å². The fourth-order valence-electron chi connectivity index (χ4n) is 3.38. The first kappa shape index (κ1) is 28.5. The van der Waals surface area contributed by atoms with E-state index in [2.05, 4.69) is 5.32 Å². The smallest absolute Gasteiger partial charge is 0.349 e. The summed E-state index contributed by atoms with van der Waals surface area (Å²) in [4.78, 5) is 51.2. The summed E-state index contributed by atoms with van der Waals surface area (Å²) in [6, 6.07) is 17.8. The Hall–Kier alpha value is -5.06. The number of benzene rings is 3. The minimum absolute atomic E-state index is 0.0171. The van der Waals surface area contributed by atoms with Crippen LogP contribution in [0.15, 0.2) is 72.8 Å². The highest BCUT2D eigenvalue weighted by atomic mass is 16.6. The fourth-order valence-corrected chi connectivity index (χ4v) is 3.38. The van der Waals surface area contributed by atoms with Crippen molar-refractivity contribution in [3.8, 4) is 17.2 Å². The van der Waals surface area contributed by atoms with Gasteiger partial charge in [-0.25, -0.2) is 14.4 Å². The Morgan fingerprint density at radius 3 is 1.72 bits per heavy atom. The van der Waals surface area contributed by atoms with Gasteiger partial charge < -0.3 is 34.1 Å². The fraction of sp³-hybridized carbons (Fsp3) is 0.214. The minimum Gasteiger partial charge on any atom is -0.497 e. The van der Waals surface area contributed by atoms with Gasteiger partial charge in [-0.15, -0.1) is 0 Å². The largest absolute Gasteiger partial charge is 0.497 e. The highest BCUT2D eigenvalue weighted by Crippen LogP contribution is 2.21. The molecule has 0 aliphatic carbocycles. The van der Waals surface area contributed by atoms with Crippen molar-refractivity contribution in [2.75, 3.05) is 26.1 Å². The average molecular weight is 538 g/mol. The molecule has 0 heterocycles. The Kier molecular flexibility index (Phi) is 9.85. The van der Waals surface area contributed by atoms with E-state index in [1.807, 2.05) is 6.92 Å². The van der Waals surface area contributed by atoms with Crippen molar-refractivity contribution in [3.63, 3.8) is 0 Å². The van der Waals surface area contributed by atoms with Crippen molar-refractivity contribution >= 4 is 29.5 Å². The van der Waals surface area contributed by atoms with Gasteiger partial charge in [0.05, 0.1) is 32.0 Å². The number of rotatable bonds is 12. The number of methoxy groups -OCH3 is 2. The standard InChI is InChI=1S/C28H27NO10/c1-4-37-20-13-11-19(12-14-20)29-25(30)23(38-27(33)17-7-5-9-21(15-17)35-2)24(26(31)32)39-28(34)18-8-6-10-22(16-18)36-3/h5-16,23-24H,4H2,1-3H3,(H,29,30)(H,31,32)/t23-,24+/m0/s1. The van der Waals surface area contributed by atoms with E-state index in [-0.39, 0.29) is 16.8 Å². The number of hydrogen-bond acceptors (Lipinski definition) is 9. The highest BCUT2D eigenvalue weighted by Gasteiger charge is 2.41. The molecule has 0 saturated heterocycles. The molecule has 39 heavy (non-hydrogen) atoms. The Labute approximate surface area is 224 Å². The number of carbonyl (C=O) groups is 4. The molecule has 1 amide bonds. The molecule has 0 spiro atoms. The van der Waals surface area contributed by atoms with Gasteiger partial charge in [0.2, 0.25) is 12.2 Å². The zero-order valence-corrected chi connectivity index (χ0v) is 21.4. The SMILES string of the molecule is CCOc1ccc(NC(=O)[C@@H](OC(=O)c2cccc(OC)c2)[C@@H](OC(=O)c2cccc(OC)c2)C(=O)O)cc1. The lowest BCUT2D eigenvalue weighted by Gasteiger charge is -2.23. The van der Waals surface area contributed by atoms with Gasteiger partial charge in [0.15, 0.2) is 0 Å². The summed E-state index contributed by atoms with van der Waals surface area (Å²) in [5, 5.41) is 12.4. The van der Waals surface area contributed by atoms with Crippen molar-refractivity contribution in [1.29, 1.82) is 0 Å². The van der Waals surface area contributed by atoms with Crippen LogP contribution in [0.25, 0.3) is 0 Å². The molecule has 3 rings (SSSR count). The number of carboxylic acid groups (broad SMARTS) is 1. The molecule has 0 aliphatic heterocycles. The zero-order valence-electron chi connectivity index (χ0n) is 21.4. The molecule has 0 radical (unpaired) electrons. The third-order valence-electron chi connectivity index (χ3n) is 5.29. The number of anilines is 1. The molecule has 0 aliphatic rings. The third kappa shape index (κ3) is 7.71. The number of nitrogens with one attached hydrogen (secondary N) is 1. The molecule has 204 valence electrons. The molecule has 3 aromatic carbocycles. The second-order valence-corrected chi connectivity index (χ2v) is 7.90. The maximum atomic E-state index is 13.3. The lowest BCUT2D eigenvalue weighted by Crippen LogP contribution is -2.48. The zero-order chi connectivity index (χ0) is 28.4. The van der Waals surface area contributed by atoms with E-state index in [1.54, 1.807) is 24.3 Å². The van der Waals surface area contributed by atoms with Gasteiger partial charge in [0, 0.05) is 5.69 Å². The van der Waals surface area contributed by atoms with Crippen LogP contribution in [0.5, 0.6) is 17.2 Å². The van der Waals surface area contributed by atoms with Crippen LogP contribution < -0.4 is 19.5 Å². The molecule has 0 saturated carbocycles. The number of carboxylic acids is 1. The maximum Gasteiger partial charge on any atom is 0.349 e. The van der Waals surface area contributed by atoms with E-state index in [0.29, 0.717) is 23.9 Å². The Morgan fingerprint density at radius 2 is 1.26 bits per heavy atom. The van der Waals surface area contributed by atoms with Crippen LogP contribution in [-0.2, 0) is 19.1 Å². The van der Waals surface area contributed by atoms with Crippen LogP contribution in [0.1, 0.15) is 27.6 Å². The molecule has 0 bridgehead atoms. The Morgan fingerprint density at radius 1 is 0.744 bits per heavy atom. The monoisotopic (exact) mass is 537 g/mol. The number of amides is 1. The van der Waals surface area contributed by atoms with Crippen molar-refractivity contribution in [3.05, 3.63) is 83.9 Å². The van der Waals surface area contributed by atoms with Gasteiger partial charge in [-0.05, 0) is 67.6 Å². The van der Waals surface area contributed by atoms with Crippen molar-refractivity contribution in [1.82, 2.24) is 0 Å². The second kappa shape index (κ2) is 13.5. The van der Waals surface area contributed by atoms with Gasteiger partial charge in [-0.2, -0.15) is 0 Å². The normalized spacial score (nSPS) is 11.9. The van der Waals surface area contributed by atoms with Crippen LogP contribution in [0, 0.1) is 0 Å². The van der Waals surface area contributed by atoms with Crippen LogP contribution in [-0.4, -0.2) is 62.0 Å². The number of esters is 2. The molecule has 3 aromatic rings. The summed E-state index contributed by atoms with van der Waals surface area (Å²) < 4.78 is 26.0. The Bertz CT molecular complexity index is 1320. The minimum atomic E-state index is -2.19. The predicted molar refractivity (Wildman–Crippen MR) is 138 cm³/mol. The number of carbonyl (C=O) groups excluding carboxylic acids is 3. The molecule has 11 nitrogen and oxygen atoms in total. The van der Waals surface area contributed by atoms with E-state index < -0.39 is 36.0 Å². The highest BCUT2D eigenvalue weighted by molar-refractivity contribution is 6.01. The second-order valence-electron chi connectivity index (χ2n) is 7.90. The topological polar surface area (TPSA) is 147 Å². The van der Waals surface area contributed by atoms with Gasteiger partial charge in [0.1, 0.15) is 17.2 Å². The molecule has 0 fully saturated rings. The third-order valence-corrected chi connectivity index (χ3v) is 5.29. The van der Waals surface area contributed by atoms with Crippen molar-refractivity contribution < 1.29 is 48.0 Å². The van der Waals surface area contributed by atoms with E-state index in [9.17, 15) is 24.3 Å². The lowest BCUT2D eigenvalue weighted by atomic mass is 10.1. The number of aliphatic carboxylic acids is 1. The van der Waals surface area contributed by atoms with Crippen LogP contribution in [0.2, 0.25) is 0 Å². The van der Waals surface area contributed by atoms with E-state index in [0.717, 1.165) is 0 Å². The molecule has 0 unspecified atom stereocenters. The molecule has 2 N–H and O–H groups in total. The molecular formula is C28H27NO10. The Balaban J connectivity index is 1.91. The van der Waals surface area contributed by atoms with Crippen LogP contribution in [0.4, 0.5) is 5.69 Å². The molecule has 2 atom stereocenters. The molecular weight excluding hydrogens is 510 g/mol. The van der Waals surface area contributed by atoms with Crippen LogP contribution in [0.3, 0.4) is 0 Å². The number of ether oxygens (including phenoxy) is 5. The summed E-state index contributed by atoms with van der Waals surface area (Å²) in [5.74, 6) is -3.66. The summed E-state index contributed by atoms with van der Waals surface area (Å²) in [6.07, 6.45) is -4.26. The van der Waals surface area contributed by atoms with Gasteiger partial charge >= 0.3 is 17.9 Å². The number of hydrogen-bond donors (Lipinski definition) is 2. The quantitative estimate of drug-likeness (QED) is 0.329. The van der Waals surface area contributed by atoms with Gasteiger partial charge in [-0.1, -0.05) is 12.1 Å². The van der Waals surface area contributed by atoms with E-state index >= 15 is 0 Å². The lowest BCUT2D eigenvalue weighted by molar-refractivity contribution is -0.157. The van der Waals surface area contributed by atoms with E-state index in [1.165, 1.54) is 62.8 Å². The molecule has 0 aromatic heterocycles. The summed E-state index contributed by atoms with van der Waals surface area (Å²) in [6.45, 7) is 2.25. The summed E-state index contributed by atoms with van der Waals surface area (Å²) in [5.41, 5.74) is 0.205. The van der Waals surface area contributed by atoms with Crippen LogP contribution >= 0.6 is 0 Å². The first-order chi connectivity index (χ1) is 18.7. The maximum absolute atomic E-state index is 13.3. The predicted octanol–water partition coefficient (Wildman–Crippen LogP) is 3.58. The van der Waals surface area contributed by atoms with Crippen molar-refractivity contribution in [2.24, 2.45) is 0 Å². The van der Waals surface area contributed by atoms with Gasteiger partial charge in [-0.3, -0.25) is 4.79 Å². The first-order valence-corrected chi connectivity index (χ1v) is 11.7. The summed E-state index contributed by atoms with van der Waals surface area (Å²) >= 11 is 0. The summed E-state index contributed by atoms with van der Waals surface area (Å²) in [7, 11) is 2.79. The molecule has 11 heteroatoms. The average Bonchev–Trinajstić information content (AvgIpc) is 2.95. The van der Waals surface area contributed by atoms with Gasteiger partial charge in [0.25, 0.3) is 5.91 Å². The van der Waals surface area contributed by atoms with Crippen molar-refractivity contribution in [2.45, 2.75) is 19.1 Å².